The quantitative estimate of drug-likeness (QED) is 0.163. The van der Waals surface area contributed by atoms with Gasteiger partial charge in [-0.25, -0.2) is 4.79 Å². The summed E-state index contributed by atoms with van der Waals surface area (Å²) in [5, 5.41) is 32.0. The van der Waals surface area contributed by atoms with Gasteiger partial charge in [0, 0.05) is 6.54 Å². The highest BCUT2D eigenvalue weighted by Gasteiger charge is 2.39. The molecule has 1 rings (SSSR count). The Morgan fingerprint density at radius 3 is 2.10 bits per heavy atom. The van der Waals surface area contributed by atoms with Crippen LogP contribution < -0.4 is 22.1 Å². The van der Waals surface area contributed by atoms with Gasteiger partial charge in [0.25, 0.3) is 0 Å². The smallest absolute Gasteiger partial charge is 0.326 e. The minimum absolute atomic E-state index is 0.0620. The SMILES string of the molecule is CC(O)C(N)C(=O)NC(CC(N)=O)C(=O)NC(CC(=O)O)C(=O)N1CCCC1C(=O)O. The van der Waals surface area contributed by atoms with Gasteiger partial charge in [0.2, 0.25) is 23.6 Å². The Labute approximate surface area is 176 Å². The number of carboxylic acid groups (broad SMARTS) is 2. The molecule has 1 aliphatic rings. The van der Waals surface area contributed by atoms with Crippen LogP contribution in [0.2, 0.25) is 0 Å². The van der Waals surface area contributed by atoms with Crippen molar-refractivity contribution in [3.05, 3.63) is 0 Å². The molecule has 0 aliphatic carbocycles. The second-order valence-electron chi connectivity index (χ2n) is 7.18. The van der Waals surface area contributed by atoms with Crippen molar-refractivity contribution in [2.45, 2.75) is 62.9 Å². The van der Waals surface area contributed by atoms with E-state index in [1.165, 1.54) is 6.92 Å². The maximum absolute atomic E-state index is 12.7. The van der Waals surface area contributed by atoms with Crippen molar-refractivity contribution in [2.75, 3.05) is 6.54 Å². The predicted molar refractivity (Wildman–Crippen MR) is 102 cm³/mol. The summed E-state index contributed by atoms with van der Waals surface area (Å²) in [6, 6.07) is -5.85. The maximum Gasteiger partial charge on any atom is 0.326 e. The van der Waals surface area contributed by atoms with Gasteiger partial charge in [0.15, 0.2) is 0 Å². The fourth-order valence-corrected chi connectivity index (χ4v) is 3.03. The number of hydrogen-bond acceptors (Lipinski definition) is 8. The molecule has 0 aromatic carbocycles. The van der Waals surface area contributed by atoms with Crippen LogP contribution in [0.1, 0.15) is 32.6 Å². The number of aliphatic hydroxyl groups is 1. The zero-order valence-corrected chi connectivity index (χ0v) is 16.8. The van der Waals surface area contributed by atoms with E-state index < -0.39 is 78.7 Å². The number of carboxylic acids is 2. The normalized spacial score (nSPS) is 19.6. The van der Waals surface area contributed by atoms with Gasteiger partial charge in [-0.1, -0.05) is 0 Å². The molecule has 14 nitrogen and oxygen atoms in total. The molecule has 1 fully saturated rings. The number of nitrogens with one attached hydrogen (secondary N) is 2. The minimum atomic E-state index is -1.65. The van der Waals surface area contributed by atoms with Gasteiger partial charge < -0.3 is 42.3 Å². The van der Waals surface area contributed by atoms with Crippen LogP contribution >= 0.6 is 0 Å². The number of hydrogen-bond donors (Lipinski definition) is 7. The Hall–Kier alpha value is -3.26. The average Bonchev–Trinajstić information content (AvgIpc) is 3.14. The lowest BCUT2D eigenvalue weighted by atomic mass is 10.1. The van der Waals surface area contributed by atoms with Gasteiger partial charge in [0.1, 0.15) is 24.2 Å². The largest absolute Gasteiger partial charge is 0.481 e. The highest BCUT2D eigenvalue weighted by molar-refractivity contribution is 5.97. The summed E-state index contributed by atoms with van der Waals surface area (Å²) < 4.78 is 0. The molecule has 0 aromatic heterocycles. The highest BCUT2D eigenvalue weighted by atomic mass is 16.4. The summed E-state index contributed by atoms with van der Waals surface area (Å²) in [6.07, 6.45) is -2.28. The molecule has 0 bridgehead atoms. The van der Waals surface area contributed by atoms with Gasteiger partial charge in [-0.3, -0.25) is 24.0 Å². The van der Waals surface area contributed by atoms with E-state index in [2.05, 4.69) is 10.6 Å². The van der Waals surface area contributed by atoms with Crippen LogP contribution in [-0.4, -0.2) is 92.6 Å². The molecule has 0 aromatic rings. The van der Waals surface area contributed by atoms with Crippen molar-refractivity contribution in [1.82, 2.24) is 15.5 Å². The van der Waals surface area contributed by atoms with Crippen LogP contribution in [0.15, 0.2) is 0 Å². The molecule has 1 aliphatic heterocycles. The number of rotatable bonds is 11. The van der Waals surface area contributed by atoms with Crippen LogP contribution in [0, 0.1) is 0 Å². The van der Waals surface area contributed by atoms with E-state index in [0.717, 1.165) is 4.90 Å². The lowest BCUT2D eigenvalue weighted by Gasteiger charge is -2.28. The summed E-state index contributed by atoms with van der Waals surface area (Å²) in [7, 11) is 0. The molecule has 5 unspecified atom stereocenters. The third-order valence-electron chi connectivity index (χ3n) is 4.68. The van der Waals surface area contributed by atoms with Gasteiger partial charge in [0.05, 0.1) is 18.9 Å². The van der Waals surface area contributed by atoms with E-state index in [-0.39, 0.29) is 13.0 Å². The molecule has 14 heteroatoms. The molecule has 31 heavy (non-hydrogen) atoms. The zero-order chi connectivity index (χ0) is 23.9. The van der Waals surface area contributed by atoms with Crippen molar-refractivity contribution < 1.29 is 44.1 Å². The van der Waals surface area contributed by atoms with Crippen molar-refractivity contribution in [3.63, 3.8) is 0 Å². The number of aliphatic hydroxyl groups excluding tert-OH is 1. The zero-order valence-electron chi connectivity index (χ0n) is 16.8. The van der Waals surface area contributed by atoms with E-state index in [9.17, 15) is 39.0 Å². The van der Waals surface area contributed by atoms with Crippen molar-refractivity contribution in [2.24, 2.45) is 11.5 Å². The molecule has 9 N–H and O–H groups in total. The first-order valence-electron chi connectivity index (χ1n) is 9.42. The molecule has 174 valence electrons. The lowest BCUT2D eigenvalue weighted by molar-refractivity contribution is -0.150. The molecule has 4 amide bonds. The highest BCUT2D eigenvalue weighted by Crippen LogP contribution is 2.19. The molecule has 5 atom stereocenters. The number of amides is 4. The van der Waals surface area contributed by atoms with Crippen molar-refractivity contribution in [1.29, 1.82) is 0 Å². The fraction of sp³-hybridized carbons (Fsp3) is 0.647. The number of carbonyl (C=O) groups excluding carboxylic acids is 4. The summed E-state index contributed by atoms with van der Waals surface area (Å²) in [4.78, 5) is 72.2. The molecular formula is C17H27N5O9. The lowest BCUT2D eigenvalue weighted by Crippen LogP contribution is -2.59. The Morgan fingerprint density at radius 1 is 1.03 bits per heavy atom. The third kappa shape index (κ3) is 7.49. The topological polar surface area (TPSA) is 242 Å². The first kappa shape index (κ1) is 25.8. The van der Waals surface area contributed by atoms with Gasteiger partial charge >= 0.3 is 11.9 Å². The molecule has 0 spiro atoms. The summed E-state index contributed by atoms with van der Waals surface area (Å²) in [6.45, 7) is 1.29. The average molecular weight is 445 g/mol. The van der Waals surface area contributed by atoms with Gasteiger partial charge in [-0.05, 0) is 19.8 Å². The van der Waals surface area contributed by atoms with Crippen LogP contribution in [0.4, 0.5) is 0 Å². The minimum Gasteiger partial charge on any atom is -0.481 e. The van der Waals surface area contributed by atoms with E-state index in [0.29, 0.717) is 6.42 Å². The molecule has 1 saturated heterocycles. The van der Waals surface area contributed by atoms with E-state index in [4.69, 9.17) is 16.6 Å². The Kier molecular flexibility index (Phi) is 9.33. The first-order valence-corrected chi connectivity index (χ1v) is 9.42. The number of likely N-dealkylation sites (tertiary alicyclic amines) is 1. The second kappa shape index (κ2) is 11.2. The van der Waals surface area contributed by atoms with Crippen LogP contribution in [0.5, 0.6) is 0 Å². The number of nitrogens with two attached hydrogens (primary N) is 2. The van der Waals surface area contributed by atoms with E-state index in [1.807, 2.05) is 0 Å². The number of aliphatic carboxylic acids is 2. The monoisotopic (exact) mass is 445 g/mol. The van der Waals surface area contributed by atoms with Gasteiger partial charge in [-0.2, -0.15) is 0 Å². The van der Waals surface area contributed by atoms with Crippen LogP contribution in [0.25, 0.3) is 0 Å². The number of carbonyl (C=O) groups is 6. The summed E-state index contributed by atoms with van der Waals surface area (Å²) >= 11 is 0. The first-order chi connectivity index (χ1) is 14.3. The van der Waals surface area contributed by atoms with Crippen LogP contribution in [-0.2, 0) is 28.8 Å². The maximum atomic E-state index is 12.7. The summed E-state index contributed by atoms with van der Waals surface area (Å²) in [5.41, 5.74) is 10.6. The van der Waals surface area contributed by atoms with E-state index in [1.54, 1.807) is 0 Å². The molecule has 1 heterocycles. The second-order valence-corrected chi connectivity index (χ2v) is 7.18. The number of nitrogens with zero attached hydrogens (tertiary/aromatic N) is 1. The van der Waals surface area contributed by atoms with Crippen molar-refractivity contribution >= 4 is 35.6 Å². The summed E-state index contributed by atoms with van der Waals surface area (Å²) in [5.74, 6) is -6.71. The Bertz CT molecular complexity index is 742. The van der Waals surface area contributed by atoms with Crippen molar-refractivity contribution in [3.8, 4) is 0 Å². The van der Waals surface area contributed by atoms with E-state index >= 15 is 0 Å². The number of primary amides is 1. The molecule has 0 radical (unpaired) electrons. The standard InChI is InChI=1S/C17H27N5O9/c1-7(23)13(19)15(28)20-8(5-11(18)24)14(27)21-9(6-12(25)26)16(29)22-4-2-3-10(22)17(30)31/h7-10,13,23H,2-6,19H2,1H3,(H2,18,24)(H,20,28)(H,21,27)(H,25,26)(H,30,31). The molecule has 0 saturated carbocycles. The Morgan fingerprint density at radius 2 is 1.61 bits per heavy atom. The fourth-order valence-electron chi connectivity index (χ4n) is 3.03. The predicted octanol–water partition coefficient (Wildman–Crippen LogP) is -3.91. The van der Waals surface area contributed by atoms with Crippen LogP contribution in [0.3, 0.4) is 0 Å². The third-order valence-corrected chi connectivity index (χ3v) is 4.68. The molecular weight excluding hydrogens is 418 g/mol. The van der Waals surface area contributed by atoms with Gasteiger partial charge in [-0.15, -0.1) is 0 Å². The Balaban J connectivity index is 3.03.